The van der Waals surface area contributed by atoms with E-state index in [2.05, 4.69) is 14.9 Å². The lowest BCUT2D eigenvalue weighted by atomic mass is 10.3. The van der Waals surface area contributed by atoms with Gasteiger partial charge in [-0.1, -0.05) is 23.9 Å². The number of carbonyl (C=O) groups is 2. The van der Waals surface area contributed by atoms with E-state index in [9.17, 15) is 9.59 Å². The standard InChI is InChI=1S/C23H26N4O4S/c1-17(28)30-15-19-8-7-18(31-19)14-26-9-4-10-27(12-11-26)23(29)16-32-22-13-24-20-5-2-3-6-21(20)25-22/h2-3,5-8,13H,4,9-12,14-16H2,1H3. The molecule has 1 aliphatic heterocycles. The van der Waals surface area contributed by atoms with E-state index in [1.54, 1.807) is 6.20 Å². The second kappa shape index (κ2) is 10.6. The number of hydrogen-bond acceptors (Lipinski definition) is 8. The lowest BCUT2D eigenvalue weighted by Crippen LogP contribution is -2.36. The first kappa shape index (κ1) is 22.3. The molecule has 1 saturated heterocycles. The molecule has 0 saturated carbocycles. The third kappa shape index (κ3) is 6.08. The number of thioether (sulfide) groups is 1. The number of benzene rings is 1. The number of para-hydroxylation sites is 2. The molecule has 8 nitrogen and oxygen atoms in total. The summed E-state index contributed by atoms with van der Waals surface area (Å²) >= 11 is 1.43. The number of nitrogens with zero attached hydrogens (tertiary/aromatic N) is 4. The van der Waals surface area contributed by atoms with Crippen LogP contribution < -0.4 is 0 Å². The highest BCUT2D eigenvalue weighted by atomic mass is 32.2. The highest BCUT2D eigenvalue weighted by molar-refractivity contribution is 7.99. The van der Waals surface area contributed by atoms with Gasteiger partial charge in [0.05, 0.1) is 29.5 Å². The van der Waals surface area contributed by atoms with Gasteiger partial charge < -0.3 is 14.1 Å². The molecule has 0 bridgehead atoms. The summed E-state index contributed by atoms with van der Waals surface area (Å²) in [5.41, 5.74) is 1.69. The van der Waals surface area contributed by atoms with Gasteiger partial charge in [-0.05, 0) is 30.7 Å². The van der Waals surface area contributed by atoms with Crippen LogP contribution in [0.3, 0.4) is 0 Å². The minimum absolute atomic E-state index is 0.119. The van der Waals surface area contributed by atoms with Gasteiger partial charge in [0.25, 0.3) is 0 Å². The lowest BCUT2D eigenvalue weighted by Gasteiger charge is -2.21. The fourth-order valence-corrected chi connectivity index (χ4v) is 4.34. The van der Waals surface area contributed by atoms with Gasteiger partial charge in [-0.15, -0.1) is 0 Å². The molecule has 9 heteroatoms. The zero-order valence-electron chi connectivity index (χ0n) is 18.0. The average molecular weight is 455 g/mol. The molecular weight excluding hydrogens is 428 g/mol. The number of rotatable bonds is 7. The van der Waals surface area contributed by atoms with Gasteiger partial charge in [0.2, 0.25) is 5.91 Å². The summed E-state index contributed by atoms with van der Waals surface area (Å²) in [5.74, 6) is 1.61. The van der Waals surface area contributed by atoms with Gasteiger partial charge in [-0.25, -0.2) is 4.98 Å². The Morgan fingerprint density at radius 1 is 1.06 bits per heavy atom. The van der Waals surface area contributed by atoms with Crippen molar-refractivity contribution in [2.45, 2.75) is 31.5 Å². The van der Waals surface area contributed by atoms with Crippen LogP contribution in [-0.2, 0) is 27.5 Å². The highest BCUT2D eigenvalue weighted by Crippen LogP contribution is 2.19. The highest BCUT2D eigenvalue weighted by Gasteiger charge is 2.20. The SMILES string of the molecule is CC(=O)OCc1ccc(CN2CCCN(C(=O)CSc3cnc4ccccc4n3)CC2)o1. The fraction of sp³-hybridized carbons (Fsp3) is 0.391. The molecule has 3 aromatic rings. The van der Waals surface area contributed by atoms with Crippen LogP contribution in [0, 0.1) is 0 Å². The number of amides is 1. The van der Waals surface area contributed by atoms with Crippen molar-refractivity contribution in [2.24, 2.45) is 0 Å². The molecule has 1 amide bonds. The summed E-state index contributed by atoms with van der Waals surface area (Å²) in [6, 6.07) is 11.5. The zero-order valence-corrected chi connectivity index (χ0v) is 18.8. The van der Waals surface area contributed by atoms with Crippen LogP contribution in [0.15, 0.2) is 52.0 Å². The molecule has 0 aliphatic carbocycles. The van der Waals surface area contributed by atoms with Gasteiger partial charge in [0, 0.05) is 33.1 Å². The third-order valence-electron chi connectivity index (χ3n) is 5.23. The quantitative estimate of drug-likeness (QED) is 0.397. The van der Waals surface area contributed by atoms with Crippen LogP contribution in [-0.4, -0.2) is 63.6 Å². The molecular formula is C23H26N4O4S. The number of furan rings is 1. The van der Waals surface area contributed by atoms with Gasteiger partial charge in [-0.3, -0.25) is 19.5 Å². The predicted octanol–water partition coefficient (Wildman–Crippen LogP) is 3.11. The normalized spacial score (nSPS) is 15.0. The smallest absolute Gasteiger partial charge is 0.303 e. The Balaban J connectivity index is 1.25. The molecule has 4 rings (SSSR count). The van der Waals surface area contributed by atoms with Crippen molar-refractivity contribution in [3.8, 4) is 0 Å². The van der Waals surface area contributed by atoms with Crippen LogP contribution in [0.5, 0.6) is 0 Å². The Bertz CT molecular complexity index is 1090. The predicted molar refractivity (Wildman–Crippen MR) is 121 cm³/mol. The van der Waals surface area contributed by atoms with E-state index in [-0.39, 0.29) is 18.5 Å². The van der Waals surface area contributed by atoms with E-state index >= 15 is 0 Å². The minimum atomic E-state index is -0.328. The van der Waals surface area contributed by atoms with Crippen LogP contribution in [0.4, 0.5) is 0 Å². The maximum absolute atomic E-state index is 12.8. The first-order chi connectivity index (χ1) is 15.6. The molecule has 1 fully saturated rings. The molecule has 3 heterocycles. The molecule has 0 unspecified atom stereocenters. The monoisotopic (exact) mass is 454 g/mol. The number of esters is 1. The van der Waals surface area contributed by atoms with Gasteiger partial charge in [-0.2, -0.15) is 0 Å². The molecule has 0 N–H and O–H groups in total. The first-order valence-corrected chi connectivity index (χ1v) is 11.6. The molecule has 0 spiro atoms. The molecule has 32 heavy (non-hydrogen) atoms. The third-order valence-corrected chi connectivity index (χ3v) is 6.11. The van der Waals surface area contributed by atoms with E-state index in [1.807, 2.05) is 41.3 Å². The van der Waals surface area contributed by atoms with Crippen LogP contribution in [0.2, 0.25) is 0 Å². The number of aromatic nitrogens is 2. The van der Waals surface area contributed by atoms with Crippen LogP contribution in [0.1, 0.15) is 24.9 Å². The summed E-state index contributed by atoms with van der Waals surface area (Å²) in [4.78, 5) is 36.9. The Morgan fingerprint density at radius 3 is 2.72 bits per heavy atom. The summed E-state index contributed by atoms with van der Waals surface area (Å²) in [5, 5.41) is 0.760. The van der Waals surface area contributed by atoms with Crippen LogP contribution in [0.25, 0.3) is 11.0 Å². The van der Waals surface area contributed by atoms with Gasteiger partial charge in [0.15, 0.2) is 0 Å². The van der Waals surface area contributed by atoms with Crippen molar-refractivity contribution in [3.63, 3.8) is 0 Å². The van der Waals surface area contributed by atoms with Crippen LogP contribution >= 0.6 is 11.8 Å². The summed E-state index contributed by atoms with van der Waals surface area (Å²) < 4.78 is 10.7. The second-order valence-electron chi connectivity index (χ2n) is 7.64. The number of fused-ring (bicyclic) bond motifs is 1. The van der Waals surface area contributed by atoms with E-state index in [0.717, 1.165) is 47.9 Å². The van der Waals surface area contributed by atoms with Crippen molar-refractivity contribution in [3.05, 3.63) is 54.1 Å². The molecule has 2 aromatic heterocycles. The lowest BCUT2D eigenvalue weighted by molar-refractivity contribution is -0.142. The maximum atomic E-state index is 12.8. The Labute approximate surface area is 190 Å². The summed E-state index contributed by atoms with van der Waals surface area (Å²) in [6.07, 6.45) is 2.64. The minimum Gasteiger partial charge on any atom is -0.461 e. The van der Waals surface area contributed by atoms with Crippen molar-refractivity contribution < 1.29 is 18.7 Å². The summed E-state index contributed by atoms with van der Waals surface area (Å²) in [7, 11) is 0. The second-order valence-corrected chi connectivity index (χ2v) is 8.64. The topological polar surface area (TPSA) is 88.8 Å². The van der Waals surface area contributed by atoms with Crippen molar-refractivity contribution in [2.75, 3.05) is 31.9 Å². The van der Waals surface area contributed by atoms with Gasteiger partial charge >= 0.3 is 5.97 Å². The Kier molecular flexibility index (Phi) is 7.39. The Morgan fingerprint density at radius 2 is 1.88 bits per heavy atom. The van der Waals surface area contributed by atoms with E-state index in [4.69, 9.17) is 9.15 Å². The molecule has 0 atom stereocenters. The molecule has 0 radical (unpaired) electrons. The number of ether oxygens (including phenoxy) is 1. The van der Waals surface area contributed by atoms with E-state index in [0.29, 0.717) is 24.6 Å². The van der Waals surface area contributed by atoms with Gasteiger partial charge in [0.1, 0.15) is 23.2 Å². The van der Waals surface area contributed by atoms with E-state index < -0.39 is 0 Å². The van der Waals surface area contributed by atoms with Crippen molar-refractivity contribution in [1.82, 2.24) is 19.8 Å². The average Bonchev–Trinajstić information content (AvgIpc) is 3.11. The first-order valence-electron chi connectivity index (χ1n) is 10.6. The Hall–Kier alpha value is -2.91. The molecule has 1 aliphatic rings. The molecule has 1 aromatic carbocycles. The number of hydrogen-bond donors (Lipinski definition) is 0. The number of carbonyl (C=O) groups excluding carboxylic acids is 2. The maximum Gasteiger partial charge on any atom is 0.303 e. The fourth-order valence-electron chi connectivity index (χ4n) is 3.59. The van der Waals surface area contributed by atoms with E-state index in [1.165, 1.54) is 18.7 Å². The van der Waals surface area contributed by atoms with Crippen molar-refractivity contribution in [1.29, 1.82) is 0 Å². The largest absolute Gasteiger partial charge is 0.461 e. The van der Waals surface area contributed by atoms with Crippen molar-refractivity contribution >= 4 is 34.7 Å². The zero-order chi connectivity index (χ0) is 22.3. The molecule has 168 valence electrons. The summed E-state index contributed by atoms with van der Waals surface area (Å²) in [6.45, 7) is 5.31.